The summed E-state index contributed by atoms with van der Waals surface area (Å²) in [7, 11) is -3.84. The highest BCUT2D eigenvalue weighted by molar-refractivity contribution is 7.90. The Morgan fingerprint density at radius 3 is 2.18 bits per heavy atom. The Kier molecular flexibility index (Phi) is 3.67. The highest BCUT2D eigenvalue weighted by atomic mass is 32.2. The summed E-state index contributed by atoms with van der Waals surface area (Å²) in [4.78, 5) is 21.9. The lowest BCUT2D eigenvalue weighted by Crippen LogP contribution is -2.28. The van der Waals surface area contributed by atoms with E-state index in [1.54, 1.807) is 6.92 Å². The first-order chi connectivity index (χ1) is 7.74. The van der Waals surface area contributed by atoms with Gasteiger partial charge in [0.15, 0.2) is 5.78 Å². The average Bonchev–Trinajstić information content (AvgIpc) is 2.14. The molecule has 0 aliphatic rings. The first kappa shape index (κ1) is 13.4. The van der Waals surface area contributed by atoms with Gasteiger partial charge in [-0.1, -0.05) is 6.07 Å². The van der Waals surface area contributed by atoms with Gasteiger partial charge in [-0.3, -0.25) is 9.59 Å². The topological polar surface area (TPSA) is 80.3 Å². The van der Waals surface area contributed by atoms with Gasteiger partial charge < -0.3 is 0 Å². The van der Waals surface area contributed by atoms with Crippen molar-refractivity contribution in [3.05, 3.63) is 29.3 Å². The first-order valence-corrected chi connectivity index (χ1v) is 6.37. The number of hydrogen-bond donors (Lipinski definition) is 1. The molecule has 0 saturated carbocycles. The van der Waals surface area contributed by atoms with E-state index in [4.69, 9.17) is 0 Å². The summed E-state index contributed by atoms with van der Waals surface area (Å²) in [5.41, 5.74) is 0.857. The number of hydrogen-bond acceptors (Lipinski definition) is 4. The standard InChI is InChI=1S/C11H13NO4S/c1-7-6-10(8(2)13)4-5-11(7)17(15,16)12-9(3)14/h4-6H,1-3H3,(H,12,14). The number of Topliss-reactive ketones (excluding diaryl/α,β-unsaturated/α-hetero) is 1. The Bertz CT molecular complexity index is 575. The normalized spacial score (nSPS) is 11.0. The molecule has 0 spiro atoms. The number of benzene rings is 1. The Morgan fingerprint density at radius 2 is 1.76 bits per heavy atom. The van der Waals surface area contributed by atoms with E-state index in [1.165, 1.54) is 25.1 Å². The van der Waals surface area contributed by atoms with Crippen molar-refractivity contribution in [2.45, 2.75) is 25.7 Å². The van der Waals surface area contributed by atoms with E-state index in [1.807, 2.05) is 4.72 Å². The van der Waals surface area contributed by atoms with Crippen LogP contribution in [0.15, 0.2) is 23.1 Å². The van der Waals surface area contributed by atoms with Crippen molar-refractivity contribution in [1.29, 1.82) is 0 Å². The highest BCUT2D eigenvalue weighted by Crippen LogP contribution is 2.16. The monoisotopic (exact) mass is 255 g/mol. The van der Waals surface area contributed by atoms with E-state index >= 15 is 0 Å². The third-order valence-corrected chi connectivity index (χ3v) is 3.74. The molecule has 0 atom stereocenters. The molecule has 5 nitrogen and oxygen atoms in total. The second kappa shape index (κ2) is 4.67. The first-order valence-electron chi connectivity index (χ1n) is 4.89. The molecule has 1 rings (SSSR count). The quantitative estimate of drug-likeness (QED) is 0.818. The van der Waals surface area contributed by atoms with Crippen molar-refractivity contribution in [2.24, 2.45) is 0 Å². The SMILES string of the molecule is CC(=O)NS(=O)(=O)c1ccc(C(C)=O)cc1C. The number of carbonyl (C=O) groups excluding carboxylic acids is 2. The van der Waals surface area contributed by atoms with Crippen molar-refractivity contribution in [3.8, 4) is 0 Å². The van der Waals surface area contributed by atoms with Gasteiger partial charge in [-0.05, 0) is 31.5 Å². The summed E-state index contributed by atoms with van der Waals surface area (Å²) >= 11 is 0. The predicted molar refractivity (Wildman–Crippen MR) is 62.2 cm³/mol. The lowest BCUT2D eigenvalue weighted by molar-refractivity contribution is -0.117. The summed E-state index contributed by atoms with van der Waals surface area (Å²) in [5.74, 6) is -0.795. The van der Waals surface area contributed by atoms with Crippen LogP contribution >= 0.6 is 0 Å². The second-order valence-corrected chi connectivity index (χ2v) is 5.35. The molecule has 0 heterocycles. The molecule has 0 bridgehead atoms. The predicted octanol–water partition coefficient (Wildman–Crippen LogP) is 1.02. The minimum atomic E-state index is -3.84. The van der Waals surface area contributed by atoms with Crippen LogP contribution in [0.1, 0.15) is 29.8 Å². The summed E-state index contributed by atoms with van der Waals surface area (Å²) in [6.07, 6.45) is 0. The molecule has 0 aliphatic carbocycles. The van der Waals surface area contributed by atoms with Gasteiger partial charge in [0, 0.05) is 12.5 Å². The number of carbonyl (C=O) groups is 2. The van der Waals surface area contributed by atoms with Gasteiger partial charge >= 0.3 is 0 Å². The van der Waals surface area contributed by atoms with Crippen molar-refractivity contribution < 1.29 is 18.0 Å². The molecule has 1 amide bonds. The third kappa shape index (κ3) is 3.13. The van der Waals surface area contributed by atoms with E-state index in [0.29, 0.717) is 11.1 Å². The fourth-order valence-electron chi connectivity index (χ4n) is 1.41. The second-order valence-electron chi connectivity index (χ2n) is 3.70. The van der Waals surface area contributed by atoms with Crippen LogP contribution in [0.25, 0.3) is 0 Å². The Labute approximate surface area is 99.9 Å². The largest absolute Gasteiger partial charge is 0.295 e. The molecule has 0 aliphatic heterocycles. The van der Waals surface area contributed by atoms with Crippen molar-refractivity contribution >= 4 is 21.7 Å². The number of sulfonamides is 1. The van der Waals surface area contributed by atoms with Gasteiger partial charge in [-0.25, -0.2) is 13.1 Å². The molecular weight excluding hydrogens is 242 g/mol. The zero-order chi connectivity index (χ0) is 13.2. The Hall–Kier alpha value is -1.69. The average molecular weight is 255 g/mol. The van der Waals surface area contributed by atoms with Crippen LogP contribution in [0.3, 0.4) is 0 Å². The number of nitrogens with one attached hydrogen (secondary N) is 1. The number of aryl methyl sites for hydroxylation is 1. The maximum absolute atomic E-state index is 11.7. The van der Waals surface area contributed by atoms with Gasteiger partial charge in [0.2, 0.25) is 5.91 Å². The van der Waals surface area contributed by atoms with E-state index < -0.39 is 15.9 Å². The van der Waals surface area contributed by atoms with Gasteiger partial charge in [0.1, 0.15) is 0 Å². The number of amides is 1. The molecular formula is C11H13NO4S. The van der Waals surface area contributed by atoms with Crippen LogP contribution in [0.4, 0.5) is 0 Å². The van der Waals surface area contributed by atoms with E-state index in [9.17, 15) is 18.0 Å². The Morgan fingerprint density at radius 1 is 1.18 bits per heavy atom. The maximum Gasteiger partial charge on any atom is 0.264 e. The molecule has 1 aromatic rings. The smallest absolute Gasteiger partial charge is 0.264 e. The minimum absolute atomic E-state index is 0.00213. The van der Waals surface area contributed by atoms with Crippen LogP contribution in [0.2, 0.25) is 0 Å². The van der Waals surface area contributed by atoms with Crippen molar-refractivity contribution in [1.82, 2.24) is 4.72 Å². The zero-order valence-corrected chi connectivity index (χ0v) is 10.6. The molecule has 0 fully saturated rings. The van der Waals surface area contributed by atoms with E-state index in [0.717, 1.165) is 6.92 Å². The molecule has 6 heteroatoms. The van der Waals surface area contributed by atoms with Gasteiger partial charge in [-0.2, -0.15) is 0 Å². The minimum Gasteiger partial charge on any atom is -0.295 e. The molecule has 0 radical (unpaired) electrons. The summed E-state index contributed by atoms with van der Waals surface area (Å²) in [6, 6.07) is 4.22. The molecule has 0 unspecified atom stereocenters. The van der Waals surface area contributed by atoms with Crippen LogP contribution < -0.4 is 4.72 Å². The van der Waals surface area contributed by atoms with E-state index in [2.05, 4.69) is 0 Å². The molecule has 1 aromatic carbocycles. The molecule has 0 aromatic heterocycles. The highest BCUT2D eigenvalue weighted by Gasteiger charge is 2.18. The van der Waals surface area contributed by atoms with Crippen LogP contribution in [0, 0.1) is 6.92 Å². The van der Waals surface area contributed by atoms with Gasteiger partial charge in [0.25, 0.3) is 10.0 Å². The number of rotatable bonds is 3. The fraction of sp³-hybridized carbons (Fsp3) is 0.273. The van der Waals surface area contributed by atoms with Crippen molar-refractivity contribution in [3.63, 3.8) is 0 Å². The lowest BCUT2D eigenvalue weighted by Gasteiger charge is -2.08. The van der Waals surface area contributed by atoms with Crippen molar-refractivity contribution in [2.75, 3.05) is 0 Å². The molecule has 92 valence electrons. The molecule has 1 N–H and O–H groups in total. The summed E-state index contributed by atoms with van der Waals surface area (Å²) in [6.45, 7) is 4.09. The summed E-state index contributed by atoms with van der Waals surface area (Å²) < 4.78 is 25.3. The van der Waals surface area contributed by atoms with Crippen LogP contribution in [-0.2, 0) is 14.8 Å². The lowest BCUT2D eigenvalue weighted by atomic mass is 10.1. The van der Waals surface area contributed by atoms with Crippen LogP contribution in [0.5, 0.6) is 0 Å². The van der Waals surface area contributed by atoms with Gasteiger partial charge in [-0.15, -0.1) is 0 Å². The molecule has 0 saturated heterocycles. The number of ketones is 1. The molecule has 17 heavy (non-hydrogen) atoms. The van der Waals surface area contributed by atoms with Crippen LogP contribution in [-0.4, -0.2) is 20.1 Å². The maximum atomic E-state index is 11.7. The van der Waals surface area contributed by atoms with E-state index in [-0.39, 0.29) is 10.7 Å². The zero-order valence-electron chi connectivity index (χ0n) is 9.77. The fourth-order valence-corrected chi connectivity index (χ4v) is 2.63. The third-order valence-electron chi connectivity index (χ3n) is 2.15. The summed E-state index contributed by atoms with van der Waals surface area (Å²) in [5, 5.41) is 0. The van der Waals surface area contributed by atoms with Gasteiger partial charge in [0.05, 0.1) is 4.90 Å². The Balaban J connectivity index is 3.25.